The highest BCUT2D eigenvalue weighted by molar-refractivity contribution is 5.95. The van der Waals surface area contributed by atoms with Crippen molar-refractivity contribution in [2.75, 3.05) is 5.73 Å². The number of aromatic nitrogens is 1. The van der Waals surface area contributed by atoms with E-state index in [4.69, 9.17) is 17.2 Å². The summed E-state index contributed by atoms with van der Waals surface area (Å²) in [5.74, 6) is 0.105. The van der Waals surface area contributed by atoms with Crippen LogP contribution in [0.2, 0.25) is 0 Å². The first-order chi connectivity index (χ1) is 9.54. The van der Waals surface area contributed by atoms with Crippen LogP contribution in [0.15, 0.2) is 42.1 Å². The summed E-state index contributed by atoms with van der Waals surface area (Å²) in [6, 6.07) is 7.96. The molecule has 0 aliphatic heterocycles. The monoisotopic (exact) mass is 270 g/mol. The van der Waals surface area contributed by atoms with E-state index in [-0.39, 0.29) is 0 Å². The third-order valence-electron chi connectivity index (χ3n) is 3.12. The summed E-state index contributed by atoms with van der Waals surface area (Å²) >= 11 is 0. The number of benzene rings is 1. The number of para-hydroxylation sites is 1. The summed E-state index contributed by atoms with van der Waals surface area (Å²) < 4.78 is 2.03. The maximum absolute atomic E-state index is 10.8. The molecule has 2 rings (SSSR count). The van der Waals surface area contributed by atoms with Gasteiger partial charge in [-0.2, -0.15) is 0 Å². The molecule has 0 atom stereocenters. The molecule has 1 heterocycles. The number of aryl methyl sites for hydroxylation is 1. The molecule has 0 aliphatic rings. The molecule has 0 saturated carbocycles. The summed E-state index contributed by atoms with van der Waals surface area (Å²) in [4.78, 5) is 10.8. The van der Waals surface area contributed by atoms with Crippen LogP contribution in [-0.4, -0.2) is 10.5 Å². The lowest BCUT2D eigenvalue weighted by Gasteiger charge is -2.02. The Morgan fingerprint density at radius 3 is 2.65 bits per heavy atom. The summed E-state index contributed by atoms with van der Waals surface area (Å²) in [6.45, 7) is 2.82. The number of nitrogens with zero attached hydrogens (tertiary/aromatic N) is 1. The normalized spacial score (nSPS) is 12.3. The predicted molar refractivity (Wildman–Crippen MR) is 82.5 cm³/mol. The van der Waals surface area contributed by atoms with Crippen molar-refractivity contribution in [3.63, 3.8) is 0 Å². The lowest BCUT2D eigenvalue weighted by Crippen LogP contribution is -2.09. The molecule has 1 aromatic carbocycles. The Balaban J connectivity index is 2.52. The minimum Gasteiger partial charge on any atom is -0.399 e. The molecule has 20 heavy (non-hydrogen) atoms. The van der Waals surface area contributed by atoms with Crippen LogP contribution < -0.4 is 17.2 Å². The Labute approximate surface area is 117 Å². The molecule has 0 aliphatic carbocycles. The Kier molecular flexibility index (Phi) is 3.79. The molecule has 0 saturated heterocycles. The zero-order chi connectivity index (χ0) is 14.7. The van der Waals surface area contributed by atoms with Crippen LogP contribution in [-0.2, 0) is 11.3 Å². The number of anilines is 1. The lowest BCUT2D eigenvalue weighted by atomic mass is 10.1. The Morgan fingerprint density at radius 2 is 2.00 bits per heavy atom. The third kappa shape index (κ3) is 2.51. The summed E-state index contributed by atoms with van der Waals surface area (Å²) in [7, 11) is 0. The van der Waals surface area contributed by atoms with E-state index in [9.17, 15) is 4.79 Å². The van der Waals surface area contributed by atoms with Gasteiger partial charge < -0.3 is 21.8 Å². The fourth-order valence-corrected chi connectivity index (χ4v) is 2.26. The van der Waals surface area contributed by atoms with Crippen molar-refractivity contribution in [2.24, 2.45) is 11.5 Å². The first-order valence-corrected chi connectivity index (χ1v) is 6.36. The van der Waals surface area contributed by atoms with E-state index in [0.29, 0.717) is 11.5 Å². The van der Waals surface area contributed by atoms with Crippen LogP contribution in [0, 0.1) is 0 Å². The predicted octanol–water partition coefficient (Wildman–Crippen LogP) is 1.58. The second kappa shape index (κ2) is 5.52. The topological polar surface area (TPSA) is 100 Å². The van der Waals surface area contributed by atoms with Gasteiger partial charge in [0.1, 0.15) is 5.82 Å². The first-order valence-electron chi connectivity index (χ1n) is 6.36. The standard InChI is InChI=1S/C15H18N4O/c1-2-19-13-6-4-3-5-11(13)12(15(19)18)8-7-10(16)9-14(17)20/h3-9H,2,16,18H2,1H3,(H2,17,20)/b8-7-,10-9+. The van der Waals surface area contributed by atoms with Crippen LogP contribution >= 0.6 is 0 Å². The van der Waals surface area contributed by atoms with Crippen molar-refractivity contribution in [1.82, 2.24) is 4.57 Å². The van der Waals surface area contributed by atoms with Gasteiger partial charge in [0.15, 0.2) is 0 Å². The van der Waals surface area contributed by atoms with E-state index in [2.05, 4.69) is 0 Å². The first kappa shape index (κ1) is 13.7. The molecule has 0 spiro atoms. The maximum atomic E-state index is 10.8. The minimum absolute atomic E-state index is 0.297. The van der Waals surface area contributed by atoms with Gasteiger partial charge in [-0.1, -0.05) is 18.2 Å². The molecule has 5 heteroatoms. The van der Waals surface area contributed by atoms with Gasteiger partial charge in [0.25, 0.3) is 0 Å². The molecule has 2 aromatic rings. The molecular weight excluding hydrogens is 252 g/mol. The zero-order valence-corrected chi connectivity index (χ0v) is 11.3. The van der Waals surface area contributed by atoms with Gasteiger partial charge in [-0.25, -0.2) is 0 Å². The van der Waals surface area contributed by atoms with Gasteiger partial charge in [-0.3, -0.25) is 4.79 Å². The van der Waals surface area contributed by atoms with Gasteiger partial charge in [0.2, 0.25) is 5.91 Å². The van der Waals surface area contributed by atoms with Gasteiger partial charge in [-0.15, -0.1) is 0 Å². The van der Waals surface area contributed by atoms with Crippen molar-refractivity contribution < 1.29 is 4.79 Å². The highest BCUT2D eigenvalue weighted by Crippen LogP contribution is 2.29. The minimum atomic E-state index is -0.573. The van der Waals surface area contributed by atoms with E-state index < -0.39 is 5.91 Å². The number of fused-ring (bicyclic) bond motifs is 1. The number of hydrogen-bond donors (Lipinski definition) is 3. The number of nitrogen functional groups attached to an aromatic ring is 1. The number of carbonyl (C=O) groups is 1. The van der Waals surface area contributed by atoms with Crippen LogP contribution in [0.25, 0.3) is 17.0 Å². The second-order valence-electron chi connectivity index (χ2n) is 4.44. The van der Waals surface area contributed by atoms with Gasteiger partial charge in [0.05, 0.1) is 5.52 Å². The maximum Gasteiger partial charge on any atom is 0.243 e. The summed E-state index contributed by atoms with van der Waals surface area (Å²) in [6.07, 6.45) is 4.60. The summed E-state index contributed by atoms with van der Waals surface area (Å²) in [5, 5.41) is 1.05. The Morgan fingerprint density at radius 1 is 1.30 bits per heavy atom. The average molecular weight is 270 g/mol. The highest BCUT2D eigenvalue weighted by Gasteiger charge is 2.10. The molecule has 0 unspecified atom stereocenters. The van der Waals surface area contributed by atoms with Gasteiger partial charge >= 0.3 is 0 Å². The second-order valence-corrected chi connectivity index (χ2v) is 4.44. The largest absolute Gasteiger partial charge is 0.399 e. The average Bonchev–Trinajstić information content (AvgIpc) is 2.67. The van der Waals surface area contributed by atoms with Crippen LogP contribution in [0.5, 0.6) is 0 Å². The molecule has 6 N–H and O–H groups in total. The fraction of sp³-hybridized carbons (Fsp3) is 0.133. The SMILES string of the molecule is CCn1c(N)c(/C=C\C(N)=C/C(N)=O)c2ccccc21. The Bertz CT molecular complexity index is 710. The van der Waals surface area contributed by atoms with Crippen LogP contribution in [0.3, 0.4) is 0 Å². The highest BCUT2D eigenvalue weighted by atomic mass is 16.1. The van der Waals surface area contributed by atoms with Crippen molar-refractivity contribution in [1.29, 1.82) is 0 Å². The third-order valence-corrected chi connectivity index (χ3v) is 3.12. The zero-order valence-electron chi connectivity index (χ0n) is 11.3. The van der Waals surface area contributed by atoms with Crippen LogP contribution in [0.1, 0.15) is 12.5 Å². The van der Waals surface area contributed by atoms with E-state index in [1.54, 1.807) is 12.2 Å². The Hall–Kier alpha value is -2.69. The van der Waals surface area contributed by atoms with Gasteiger partial charge in [-0.05, 0) is 25.1 Å². The number of rotatable bonds is 4. The van der Waals surface area contributed by atoms with E-state index in [1.165, 1.54) is 6.08 Å². The molecule has 104 valence electrons. The molecular formula is C15H18N4O. The lowest BCUT2D eigenvalue weighted by molar-refractivity contribution is -0.113. The van der Waals surface area contributed by atoms with E-state index in [1.807, 2.05) is 35.8 Å². The quantitative estimate of drug-likeness (QED) is 0.581. The molecule has 0 fully saturated rings. The van der Waals surface area contributed by atoms with Crippen molar-refractivity contribution >= 4 is 28.7 Å². The number of primary amides is 1. The molecule has 0 bridgehead atoms. The van der Waals surface area contributed by atoms with Crippen molar-refractivity contribution in [2.45, 2.75) is 13.5 Å². The number of nitrogens with two attached hydrogens (primary N) is 3. The smallest absolute Gasteiger partial charge is 0.243 e. The van der Waals surface area contributed by atoms with Crippen molar-refractivity contribution in [3.05, 3.63) is 47.7 Å². The molecule has 5 nitrogen and oxygen atoms in total. The molecule has 0 radical (unpaired) electrons. The molecule has 1 amide bonds. The fourth-order valence-electron chi connectivity index (χ4n) is 2.26. The number of carbonyl (C=O) groups excluding carboxylic acids is 1. The number of amides is 1. The molecule has 1 aromatic heterocycles. The van der Waals surface area contributed by atoms with E-state index >= 15 is 0 Å². The summed E-state index contributed by atoms with van der Waals surface area (Å²) in [5.41, 5.74) is 19.2. The van der Waals surface area contributed by atoms with Crippen LogP contribution in [0.4, 0.5) is 5.82 Å². The number of allylic oxidation sites excluding steroid dienone is 1. The number of hydrogen-bond acceptors (Lipinski definition) is 3. The van der Waals surface area contributed by atoms with Gasteiger partial charge in [0, 0.05) is 29.3 Å². The van der Waals surface area contributed by atoms with E-state index in [0.717, 1.165) is 23.0 Å². The van der Waals surface area contributed by atoms with Crippen molar-refractivity contribution in [3.8, 4) is 0 Å².